The molecule has 3 aromatic rings. The summed E-state index contributed by atoms with van der Waals surface area (Å²) in [4.78, 5) is 4.73. The summed E-state index contributed by atoms with van der Waals surface area (Å²) in [5.41, 5.74) is 2.59. The fraction of sp³-hybridized carbons (Fsp3) is 0.300. The summed E-state index contributed by atoms with van der Waals surface area (Å²) in [6.45, 7) is 4.16. The molecule has 2 aromatic carbocycles. The molecule has 1 fully saturated rings. The molecule has 1 aliphatic heterocycles. The van der Waals surface area contributed by atoms with Crippen LogP contribution >= 0.6 is 11.6 Å². The fourth-order valence-electron chi connectivity index (χ4n) is 3.49. The van der Waals surface area contributed by atoms with Crippen LogP contribution in [0.1, 0.15) is 35.9 Å². The maximum absolute atomic E-state index is 13.3. The van der Waals surface area contributed by atoms with E-state index in [1.807, 2.05) is 31.2 Å². The lowest BCUT2D eigenvalue weighted by atomic mass is 10.1. The van der Waals surface area contributed by atoms with E-state index in [0.29, 0.717) is 35.3 Å². The van der Waals surface area contributed by atoms with Gasteiger partial charge in [0.1, 0.15) is 6.04 Å². The fourth-order valence-corrected chi connectivity index (χ4v) is 5.58. The van der Waals surface area contributed by atoms with Crippen molar-refractivity contribution >= 4 is 21.6 Å². The Bertz CT molecular complexity index is 1110. The van der Waals surface area contributed by atoms with E-state index in [2.05, 4.69) is 10.1 Å². The lowest BCUT2D eigenvalue weighted by molar-refractivity contribution is 0.290. The van der Waals surface area contributed by atoms with Gasteiger partial charge in [-0.3, -0.25) is 0 Å². The van der Waals surface area contributed by atoms with Gasteiger partial charge in [-0.25, -0.2) is 8.42 Å². The van der Waals surface area contributed by atoms with Crippen molar-refractivity contribution in [3.05, 3.63) is 64.5 Å². The van der Waals surface area contributed by atoms with Gasteiger partial charge in [0.15, 0.2) is 0 Å². The van der Waals surface area contributed by atoms with Gasteiger partial charge in [0.05, 0.1) is 4.90 Å². The molecule has 0 amide bonds. The lowest BCUT2D eigenvalue weighted by Crippen LogP contribution is -2.31. The van der Waals surface area contributed by atoms with E-state index in [4.69, 9.17) is 16.1 Å². The van der Waals surface area contributed by atoms with Crippen molar-refractivity contribution in [3.8, 4) is 11.4 Å². The summed E-state index contributed by atoms with van der Waals surface area (Å²) in [7, 11) is -3.70. The van der Waals surface area contributed by atoms with Crippen LogP contribution in [0.15, 0.2) is 51.9 Å². The summed E-state index contributed by atoms with van der Waals surface area (Å²) in [6, 6.07) is 12.1. The number of halogens is 1. The van der Waals surface area contributed by atoms with E-state index in [1.165, 1.54) is 4.31 Å². The lowest BCUT2D eigenvalue weighted by Gasteiger charge is -2.22. The van der Waals surface area contributed by atoms with Crippen molar-refractivity contribution < 1.29 is 12.9 Å². The first-order valence-electron chi connectivity index (χ1n) is 9.05. The molecule has 1 aromatic heterocycles. The third kappa shape index (κ3) is 3.45. The van der Waals surface area contributed by atoms with Crippen molar-refractivity contribution in [1.82, 2.24) is 14.4 Å². The minimum Gasteiger partial charge on any atom is -0.337 e. The highest BCUT2D eigenvalue weighted by Gasteiger charge is 2.40. The van der Waals surface area contributed by atoms with Gasteiger partial charge in [-0.15, -0.1) is 0 Å². The van der Waals surface area contributed by atoms with Crippen molar-refractivity contribution in [2.45, 2.75) is 37.6 Å². The molecule has 1 atom stereocenters. The zero-order valence-electron chi connectivity index (χ0n) is 15.6. The number of aromatic nitrogens is 2. The molecule has 0 N–H and O–H groups in total. The molecule has 0 saturated carbocycles. The molecule has 2 heterocycles. The first-order valence-corrected chi connectivity index (χ1v) is 10.9. The van der Waals surface area contributed by atoms with Crippen LogP contribution in [-0.2, 0) is 10.0 Å². The Kier molecular flexibility index (Phi) is 4.99. The zero-order chi connectivity index (χ0) is 19.9. The summed E-state index contributed by atoms with van der Waals surface area (Å²) < 4.78 is 33.4. The predicted octanol–water partition coefficient (Wildman–Crippen LogP) is 4.53. The third-order valence-corrected chi connectivity index (χ3v) is 7.27. The molecule has 1 unspecified atom stereocenters. The van der Waals surface area contributed by atoms with E-state index >= 15 is 0 Å². The average Bonchev–Trinajstić information content (AvgIpc) is 3.31. The zero-order valence-corrected chi connectivity index (χ0v) is 17.2. The molecule has 1 aliphatic rings. The Hall–Kier alpha value is -2.22. The second-order valence-corrected chi connectivity index (χ2v) is 9.30. The smallest absolute Gasteiger partial charge is 0.245 e. The molecule has 0 spiro atoms. The molecule has 28 heavy (non-hydrogen) atoms. The Balaban J connectivity index is 1.66. The Morgan fingerprint density at radius 3 is 2.61 bits per heavy atom. The first-order chi connectivity index (χ1) is 13.4. The van der Waals surface area contributed by atoms with E-state index in [-0.39, 0.29) is 4.90 Å². The summed E-state index contributed by atoms with van der Waals surface area (Å²) in [6.07, 6.45) is 1.38. The molecule has 0 aliphatic carbocycles. The van der Waals surface area contributed by atoms with Crippen molar-refractivity contribution in [2.75, 3.05) is 6.54 Å². The topological polar surface area (TPSA) is 76.3 Å². The van der Waals surface area contributed by atoms with Gasteiger partial charge in [-0.05, 0) is 50.5 Å². The van der Waals surface area contributed by atoms with Crippen molar-refractivity contribution in [1.29, 1.82) is 0 Å². The summed E-state index contributed by atoms with van der Waals surface area (Å²) in [5, 5.41) is 4.56. The van der Waals surface area contributed by atoms with Gasteiger partial charge >= 0.3 is 0 Å². The third-order valence-electron chi connectivity index (χ3n) is 4.96. The number of hydrogen-bond acceptors (Lipinski definition) is 5. The quantitative estimate of drug-likeness (QED) is 0.623. The van der Waals surface area contributed by atoms with Crippen LogP contribution < -0.4 is 0 Å². The van der Waals surface area contributed by atoms with Crippen LogP contribution in [0.4, 0.5) is 0 Å². The van der Waals surface area contributed by atoms with E-state index in [0.717, 1.165) is 17.5 Å². The Morgan fingerprint density at radius 2 is 1.89 bits per heavy atom. The molecular formula is C20H20ClN3O3S. The average molecular weight is 418 g/mol. The van der Waals surface area contributed by atoms with Gasteiger partial charge in [0.25, 0.3) is 0 Å². The van der Waals surface area contributed by atoms with E-state index in [1.54, 1.807) is 25.1 Å². The van der Waals surface area contributed by atoms with Crippen LogP contribution in [0.3, 0.4) is 0 Å². The molecule has 0 radical (unpaired) electrons. The van der Waals surface area contributed by atoms with Gasteiger partial charge in [0.2, 0.25) is 21.7 Å². The van der Waals surface area contributed by atoms with Crippen LogP contribution in [-0.4, -0.2) is 29.4 Å². The summed E-state index contributed by atoms with van der Waals surface area (Å²) >= 11 is 5.98. The molecule has 146 valence electrons. The highest BCUT2D eigenvalue weighted by molar-refractivity contribution is 7.89. The normalized spacial score (nSPS) is 17.9. The molecule has 0 bridgehead atoms. The number of aryl methyl sites for hydroxylation is 2. The first kappa shape index (κ1) is 19.1. The number of sulfonamides is 1. The number of rotatable bonds is 4. The summed E-state index contributed by atoms with van der Waals surface area (Å²) in [5.74, 6) is 0.783. The van der Waals surface area contributed by atoms with Crippen LogP contribution in [0, 0.1) is 13.8 Å². The monoisotopic (exact) mass is 417 g/mol. The van der Waals surface area contributed by atoms with Crippen molar-refractivity contribution in [3.63, 3.8) is 0 Å². The van der Waals surface area contributed by atoms with Gasteiger partial charge in [-0.2, -0.15) is 9.29 Å². The second kappa shape index (κ2) is 7.31. The van der Waals surface area contributed by atoms with E-state index < -0.39 is 16.1 Å². The molecule has 4 rings (SSSR count). The second-order valence-electron chi connectivity index (χ2n) is 7.01. The molecule has 8 heteroatoms. The minimum atomic E-state index is -3.70. The Morgan fingerprint density at radius 1 is 1.14 bits per heavy atom. The van der Waals surface area contributed by atoms with E-state index in [9.17, 15) is 8.42 Å². The maximum Gasteiger partial charge on any atom is 0.245 e. The highest BCUT2D eigenvalue weighted by Crippen LogP contribution is 2.37. The standard InChI is InChI=1S/C20H20ClN3O3S/c1-13-5-7-15(8-6-13)19-22-20(27-23-19)17-4-3-11-24(17)28(25,26)18-10-9-16(21)12-14(18)2/h5-10,12,17H,3-4,11H2,1-2H3. The minimum absolute atomic E-state index is 0.252. The molecular weight excluding hydrogens is 398 g/mol. The van der Waals surface area contributed by atoms with Crippen LogP contribution in [0.5, 0.6) is 0 Å². The highest BCUT2D eigenvalue weighted by atomic mass is 35.5. The van der Waals surface area contributed by atoms with Gasteiger partial charge in [-0.1, -0.05) is 46.6 Å². The SMILES string of the molecule is Cc1ccc(-c2noc(C3CCCN3S(=O)(=O)c3ccc(Cl)cc3C)n2)cc1. The number of nitrogens with zero attached hydrogens (tertiary/aromatic N) is 3. The largest absolute Gasteiger partial charge is 0.337 e. The maximum atomic E-state index is 13.3. The van der Waals surface area contributed by atoms with Gasteiger partial charge < -0.3 is 4.52 Å². The predicted molar refractivity (Wildman–Crippen MR) is 107 cm³/mol. The molecule has 6 nitrogen and oxygen atoms in total. The Labute approximate surface area is 169 Å². The van der Waals surface area contributed by atoms with Crippen LogP contribution in [0.2, 0.25) is 5.02 Å². The molecule has 1 saturated heterocycles. The van der Waals surface area contributed by atoms with Crippen LogP contribution in [0.25, 0.3) is 11.4 Å². The van der Waals surface area contributed by atoms with Gasteiger partial charge in [0, 0.05) is 17.1 Å². The number of benzene rings is 2. The van der Waals surface area contributed by atoms with Crippen molar-refractivity contribution in [2.24, 2.45) is 0 Å². The number of hydrogen-bond donors (Lipinski definition) is 0.